The molecule has 1 aliphatic heterocycles. The Balaban J connectivity index is 1.64. The van der Waals surface area contributed by atoms with Gasteiger partial charge in [0.15, 0.2) is 0 Å². The number of aliphatic imine (C=N–C) groups is 1. The van der Waals surface area contributed by atoms with Gasteiger partial charge in [0.1, 0.15) is 11.6 Å². The van der Waals surface area contributed by atoms with Crippen molar-refractivity contribution in [2.45, 2.75) is 13.0 Å². The van der Waals surface area contributed by atoms with Crippen LogP contribution in [-0.4, -0.2) is 57.1 Å². The maximum Gasteiger partial charge on any atom is 0.144 e. The highest BCUT2D eigenvalue weighted by Gasteiger charge is 2.24. The van der Waals surface area contributed by atoms with E-state index in [1.165, 1.54) is 16.5 Å². The number of nitrogens with one attached hydrogen (secondary N) is 2. The van der Waals surface area contributed by atoms with Crippen molar-refractivity contribution >= 4 is 34.3 Å². The summed E-state index contributed by atoms with van der Waals surface area (Å²) in [7, 11) is 9.91. The Bertz CT molecular complexity index is 1240. The van der Waals surface area contributed by atoms with Crippen LogP contribution in [0.1, 0.15) is 18.5 Å². The Labute approximate surface area is 201 Å². The topological polar surface area (TPSA) is 83.1 Å². The highest BCUT2D eigenvalue weighted by Crippen LogP contribution is 2.38. The van der Waals surface area contributed by atoms with E-state index in [1.54, 1.807) is 13.4 Å². The first kappa shape index (κ1) is 23.5. The molecule has 4 N–H and O–H groups in total. The molecule has 1 atom stereocenters. The monoisotopic (exact) mass is 461 g/mol. The second kappa shape index (κ2) is 9.69. The highest BCUT2D eigenvalue weighted by atomic mass is 16.5. The molecule has 180 valence electrons. The molecule has 2 heterocycles. The molecule has 0 saturated carbocycles. The molecule has 34 heavy (non-hydrogen) atoms. The Morgan fingerprint density at radius 3 is 2.68 bits per heavy atom. The average Bonchev–Trinajstić information content (AvgIpc) is 3.15. The summed E-state index contributed by atoms with van der Waals surface area (Å²) in [6, 6.07) is 12.3. The van der Waals surface area contributed by atoms with Crippen molar-refractivity contribution in [1.29, 1.82) is 0 Å². The van der Waals surface area contributed by atoms with Gasteiger partial charge in [0.25, 0.3) is 0 Å². The molecule has 0 radical (unpaired) electrons. The molecule has 1 unspecified atom stereocenters. The van der Waals surface area contributed by atoms with Crippen LogP contribution in [0.5, 0.6) is 5.75 Å². The largest absolute Gasteiger partial charge is 0.494 e. The van der Waals surface area contributed by atoms with Crippen molar-refractivity contribution in [1.82, 2.24) is 14.8 Å². The number of nitrogens with zero attached hydrogens (tertiary/aromatic N) is 4. The number of para-hydroxylation sites is 1. The fourth-order valence-corrected chi connectivity index (χ4v) is 4.38. The fraction of sp³-hybridized carbons (Fsp3) is 0.346. The lowest BCUT2D eigenvalue weighted by Crippen LogP contribution is -2.29. The van der Waals surface area contributed by atoms with Crippen molar-refractivity contribution in [2.24, 2.45) is 12.0 Å². The van der Waals surface area contributed by atoms with Gasteiger partial charge in [0.2, 0.25) is 0 Å². The van der Waals surface area contributed by atoms with Crippen LogP contribution in [0.4, 0.5) is 17.1 Å². The van der Waals surface area contributed by atoms with E-state index in [0.29, 0.717) is 5.69 Å². The van der Waals surface area contributed by atoms with E-state index >= 15 is 0 Å². The van der Waals surface area contributed by atoms with Crippen molar-refractivity contribution < 1.29 is 4.74 Å². The number of hydrogen-bond acceptors (Lipinski definition) is 7. The number of ether oxygens (including phenoxy) is 1. The van der Waals surface area contributed by atoms with E-state index in [4.69, 9.17) is 10.5 Å². The molecule has 4 rings (SSSR count). The molecular formula is C26H35N7O. The van der Waals surface area contributed by atoms with Gasteiger partial charge >= 0.3 is 0 Å². The number of anilines is 3. The molecule has 0 amide bonds. The molecule has 0 fully saturated rings. The molecule has 1 aromatic heterocycles. The maximum atomic E-state index is 6.45. The molecule has 2 aromatic carbocycles. The second-order valence-electron chi connectivity index (χ2n) is 9.06. The second-order valence-corrected chi connectivity index (χ2v) is 9.06. The van der Waals surface area contributed by atoms with E-state index < -0.39 is 0 Å². The van der Waals surface area contributed by atoms with Crippen LogP contribution < -0.4 is 26.0 Å². The summed E-state index contributed by atoms with van der Waals surface area (Å²) in [5.74, 6) is 1.50. The molecule has 0 spiro atoms. The average molecular weight is 462 g/mol. The van der Waals surface area contributed by atoms with Gasteiger partial charge < -0.3 is 35.5 Å². The fourth-order valence-electron chi connectivity index (χ4n) is 4.38. The van der Waals surface area contributed by atoms with E-state index in [2.05, 4.69) is 88.5 Å². The zero-order chi connectivity index (χ0) is 24.4. The molecule has 8 heteroatoms. The van der Waals surface area contributed by atoms with Crippen LogP contribution >= 0.6 is 0 Å². The van der Waals surface area contributed by atoms with E-state index in [0.717, 1.165) is 41.6 Å². The SMILES string of the molecule is COc1cc(N(C)CCN(C)C)c(N)cc1NC1=C(C)C(c2cn(C)c3ccccc23)NC=N1. The smallest absolute Gasteiger partial charge is 0.144 e. The van der Waals surface area contributed by atoms with Crippen LogP contribution in [0.15, 0.2) is 59.0 Å². The number of nitrogen functional groups attached to an aromatic ring is 1. The first-order valence-electron chi connectivity index (χ1n) is 11.4. The standard InChI is InChI=1S/C26H35N7O/c1-17-25(19-15-33(5)22-10-8-7-9-18(19)22)28-16-29-26(17)30-21-13-20(27)23(14-24(21)34-6)32(4)12-11-31(2)3/h7-10,13-16,25,30H,11-12,27H2,1-6H3,(H,28,29). The van der Waals surface area contributed by atoms with Gasteiger partial charge in [-0.15, -0.1) is 0 Å². The van der Waals surface area contributed by atoms with Gasteiger partial charge in [-0.1, -0.05) is 18.2 Å². The normalized spacial score (nSPS) is 15.7. The summed E-state index contributed by atoms with van der Waals surface area (Å²) >= 11 is 0. The molecule has 0 bridgehead atoms. The number of hydrogen-bond donors (Lipinski definition) is 3. The number of nitrogens with two attached hydrogens (primary N) is 1. The summed E-state index contributed by atoms with van der Waals surface area (Å²) in [6.07, 6.45) is 3.93. The van der Waals surface area contributed by atoms with E-state index in [-0.39, 0.29) is 6.04 Å². The number of aromatic nitrogens is 1. The number of likely N-dealkylation sites (N-methyl/N-ethyl adjacent to an activating group) is 2. The number of fused-ring (bicyclic) bond motifs is 1. The minimum atomic E-state index is 0.00545. The van der Waals surface area contributed by atoms with Crippen LogP contribution in [0.3, 0.4) is 0 Å². The number of aryl methyl sites for hydroxylation is 1. The molecule has 1 aliphatic rings. The zero-order valence-corrected chi connectivity index (χ0v) is 20.9. The van der Waals surface area contributed by atoms with Gasteiger partial charge in [0, 0.05) is 55.9 Å². The van der Waals surface area contributed by atoms with Gasteiger partial charge in [0.05, 0.1) is 36.6 Å². The maximum absolute atomic E-state index is 6.45. The number of rotatable bonds is 8. The van der Waals surface area contributed by atoms with Crippen LogP contribution in [0, 0.1) is 0 Å². The molecule has 3 aromatic rings. The third-order valence-electron chi connectivity index (χ3n) is 6.38. The minimum absolute atomic E-state index is 0.00545. The lowest BCUT2D eigenvalue weighted by molar-refractivity contribution is 0.413. The Hall–Kier alpha value is -3.65. The zero-order valence-electron chi connectivity index (χ0n) is 20.9. The van der Waals surface area contributed by atoms with Crippen molar-refractivity contribution in [2.75, 3.05) is 57.3 Å². The van der Waals surface area contributed by atoms with Gasteiger partial charge in [-0.2, -0.15) is 0 Å². The van der Waals surface area contributed by atoms with Crippen molar-refractivity contribution in [3.05, 3.63) is 59.6 Å². The lowest BCUT2D eigenvalue weighted by atomic mass is 9.98. The lowest BCUT2D eigenvalue weighted by Gasteiger charge is -2.26. The van der Waals surface area contributed by atoms with Crippen molar-refractivity contribution in [3.63, 3.8) is 0 Å². The summed E-state index contributed by atoms with van der Waals surface area (Å²) in [4.78, 5) is 8.89. The predicted molar refractivity (Wildman–Crippen MR) is 143 cm³/mol. The summed E-state index contributed by atoms with van der Waals surface area (Å²) < 4.78 is 7.88. The summed E-state index contributed by atoms with van der Waals surface area (Å²) in [6.45, 7) is 3.89. The third kappa shape index (κ3) is 4.54. The third-order valence-corrected chi connectivity index (χ3v) is 6.38. The van der Waals surface area contributed by atoms with Crippen LogP contribution in [0.2, 0.25) is 0 Å². The summed E-state index contributed by atoms with van der Waals surface area (Å²) in [5.41, 5.74) is 12.4. The quantitative estimate of drug-likeness (QED) is 0.443. The molecule has 0 saturated heterocycles. The van der Waals surface area contributed by atoms with E-state index in [1.807, 2.05) is 19.2 Å². The number of methoxy groups -OCH3 is 1. The Morgan fingerprint density at radius 2 is 1.94 bits per heavy atom. The molecular weight excluding hydrogens is 426 g/mol. The Kier molecular flexibility index (Phi) is 6.70. The van der Waals surface area contributed by atoms with Crippen LogP contribution in [0.25, 0.3) is 10.9 Å². The predicted octanol–water partition coefficient (Wildman–Crippen LogP) is 3.78. The molecule has 0 aliphatic carbocycles. The van der Waals surface area contributed by atoms with Gasteiger partial charge in [-0.3, -0.25) is 0 Å². The van der Waals surface area contributed by atoms with Gasteiger partial charge in [-0.05, 0) is 38.7 Å². The summed E-state index contributed by atoms with van der Waals surface area (Å²) in [5, 5.41) is 8.11. The Morgan fingerprint density at radius 1 is 1.18 bits per heavy atom. The van der Waals surface area contributed by atoms with E-state index in [9.17, 15) is 0 Å². The number of benzene rings is 2. The molecule has 8 nitrogen and oxygen atoms in total. The van der Waals surface area contributed by atoms with Crippen molar-refractivity contribution in [3.8, 4) is 5.75 Å². The van der Waals surface area contributed by atoms with Gasteiger partial charge in [-0.25, -0.2) is 4.99 Å². The van der Waals surface area contributed by atoms with Crippen LogP contribution in [-0.2, 0) is 7.05 Å². The minimum Gasteiger partial charge on any atom is -0.494 e. The first-order valence-corrected chi connectivity index (χ1v) is 11.4. The highest BCUT2D eigenvalue weighted by molar-refractivity contribution is 5.86. The first-order chi connectivity index (χ1) is 16.3.